The van der Waals surface area contributed by atoms with E-state index in [2.05, 4.69) is 11.9 Å². The number of amides is 1. The van der Waals surface area contributed by atoms with Gasteiger partial charge in [-0.05, 0) is 60.9 Å². The highest BCUT2D eigenvalue weighted by molar-refractivity contribution is 7.22. The van der Waals surface area contributed by atoms with E-state index in [0.29, 0.717) is 23.1 Å². The van der Waals surface area contributed by atoms with Gasteiger partial charge in [0.05, 0.1) is 34.7 Å². The summed E-state index contributed by atoms with van der Waals surface area (Å²) >= 11 is 1.34. The molecule has 1 aliphatic heterocycles. The number of ether oxygens (including phenoxy) is 1. The van der Waals surface area contributed by atoms with Gasteiger partial charge in [-0.2, -0.15) is 0 Å². The van der Waals surface area contributed by atoms with Crippen molar-refractivity contribution in [2.75, 3.05) is 11.5 Å². The zero-order valence-electron chi connectivity index (χ0n) is 20.1. The first kappa shape index (κ1) is 23.8. The van der Waals surface area contributed by atoms with Crippen LogP contribution in [0.1, 0.15) is 53.9 Å². The third kappa shape index (κ3) is 4.40. The molecule has 5 rings (SSSR count). The maximum absolute atomic E-state index is 13.4. The highest BCUT2D eigenvalue weighted by Gasteiger charge is 2.46. The molecule has 0 radical (unpaired) electrons. The zero-order chi connectivity index (χ0) is 25.2. The van der Waals surface area contributed by atoms with Gasteiger partial charge in [0.15, 0.2) is 16.7 Å². The second kappa shape index (κ2) is 9.99. The molecular weight excluding hydrogens is 476 g/mol. The number of thiazole rings is 1. The van der Waals surface area contributed by atoms with E-state index < -0.39 is 23.5 Å². The summed E-state index contributed by atoms with van der Waals surface area (Å²) in [5, 5.41) is 11.3. The summed E-state index contributed by atoms with van der Waals surface area (Å²) in [5.41, 5.74) is 2.40. The number of fused-ring (bicyclic) bond motifs is 1. The highest BCUT2D eigenvalue weighted by atomic mass is 32.1. The molecule has 1 atom stereocenters. The van der Waals surface area contributed by atoms with Crippen molar-refractivity contribution >= 4 is 38.4 Å². The third-order valence-corrected chi connectivity index (χ3v) is 7.14. The van der Waals surface area contributed by atoms with Gasteiger partial charge in [0.1, 0.15) is 5.75 Å². The Kier molecular flexibility index (Phi) is 6.61. The Bertz CT molecular complexity index is 1450. The van der Waals surface area contributed by atoms with Gasteiger partial charge in [0.25, 0.3) is 5.91 Å². The minimum absolute atomic E-state index is 0.0445. The van der Waals surface area contributed by atoms with Gasteiger partial charge in [-0.3, -0.25) is 14.5 Å². The molecule has 1 N–H and O–H groups in total. The number of aliphatic hydroxyl groups is 1. The number of hydrogen-bond donors (Lipinski definition) is 1. The van der Waals surface area contributed by atoms with Crippen molar-refractivity contribution < 1.29 is 23.8 Å². The number of nitrogens with zero attached hydrogens (tertiary/aromatic N) is 2. The number of benzene rings is 2. The van der Waals surface area contributed by atoms with E-state index in [1.54, 1.807) is 6.07 Å². The van der Waals surface area contributed by atoms with E-state index in [9.17, 15) is 14.7 Å². The Balaban J connectivity index is 1.59. The van der Waals surface area contributed by atoms with Gasteiger partial charge in [0.2, 0.25) is 5.78 Å². The Morgan fingerprint density at radius 3 is 2.81 bits per heavy atom. The van der Waals surface area contributed by atoms with E-state index in [-0.39, 0.29) is 11.3 Å². The van der Waals surface area contributed by atoms with Gasteiger partial charge in [-0.1, -0.05) is 49.3 Å². The number of carbonyl (C=O) groups is 2. The summed E-state index contributed by atoms with van der Waals surface area (Å²) in [6.07, 6.45) is 4.48. The number of hydrogen-bond acceptors (Lipinski definition) is 7. The smallest absolute Gasteiger partial charge is 0.296 e. The fraction of sp³-hybridized carbons (Fsp3) is 0.250. The quantitative estimate of drug-likeness (QED) is 0.206. The van der Waals surface area contributed by atoms with Gasteiger partial charge in [-0.15, -0.1) is 0 Å². The van der Waals surface area contributed by atoms with Crippen LogP contribution >= 0.6 is 11.3 Å². The largest absolute Gasteiger partial charge is 0.503 e. The lowest BCUT2D eigenvalue weighted by atomic mass is 9.95. The van der Waals surface area contributed by atoms with Crippen molar-refractivity contribution in [3.63, 3.8) is 0 Å². The molecular formula is C28H26N2O5S. The number of carbonyl (C=O) groups excluding carboxylic acids is 2. The molecule has 1 unspecified atom stereocenters. The van der Waals surface area contributed by atoms with Crippen molar-refractivity contribution in [1.29, 1.82) is 0 Å². The predicted octanol–water partition coefficient (Wildman–Crippen LogP) is 6.55. The van der Waals surface area contributed by atoms with Crippen LogP contribution in [0.25, 0.3) is 10.2 Å². The fourth-order valence-electron chi connectivity index (χ4n) is 4.33. The average molecular weight is 503 g/mol. The van der Waals surface area contributed by atoms with Gasteiger partial charge in [-0.25, -0.2) is 4.98 Å². The second-order valence-corrected chi connectivity index (χ2v) is 9.75. The molecule has 0 fully saturated rings. The Morgan fingerprint density at radius 2 is 2.03 bits per heavy atom. The molecule has 3 heterocycles. The monoisotopic (exact) mass is 502 g/mol. The van der Waals surface area contributed by atoms with Crippen molar-refractivity contribution in [3.05, 3.63) is 89.1 Å². The highest BCUT2D eigenvalue weighted by Crippen LogP contribution is 2.44. The summed E-state index contributed by atoms with van der Waals surface area (Å²) in [5.74, 6) is -1.16. The molecule has 0 aliphatic carbocycles. The maximum atomic E-state index is 13.4. The van der Waals surface area contributed by atoms with Gasteiger partial charge >= 0.3 is 0 Å². The minimum Gasteiger partial charge on any atom is -0.503 e. The van der Waals surface area contributed by atoms with Gasteiger partial charge < -0.3 is 14.3 Å². The molecule has 0 saturated carbocycles. The number of ketones is 1. The van der Waals surface area contributed by atoms with Crippen molar-refractivity contribution in [2.24, 2.45) is 0 Å². The first-order valence-electron chi connectivity index (χ1n) is 11.9. The number of aryl methyl sites for hydroxylation is 1. The molecule has 184 valence electrons. The van der Waals surface area contributed by atoms with Crippen LogP contribution in [0.5, 0.6) is 5.75 Å². The zero-order valence-corrected chi connectivity index (χ0v) is 20.9. The fourth-order valence-corrected chi connectivity index (χ4v) is 5.42. The summed E-state index contributed by atoms with van der Waals surface area (Å²) in [7, 11) is 0. The molecule has 1 amide bonds. The standard InChI is InChI=1S/C28H26N2O5S/c1-3-4-5-13-34-19-9-6-8-18(16-19)24-23(25(31)21-10-7-14-35-21)26(32)27(33)30(24)28-29-20-12-11-17(2)15-22(20)36-28/h6-12,14-16,24,32H,3-5,13H2,1-2H3. The van der Waals surface area contributed by atoms with Crippen LogP contribution < -0.4 is 9.64 Å². The normalized spacial score (nSPS) is 15.8. The summed E-state index contributed by atoms with van der Waals surface area (Å²) in [4.78, 5) is 32.9. The Hall–Kier alpha value is -3.91. The topological polar surface area (TPSA) is 92.9 Å². The number of anilines is 1. The molecule has 0 spiro atoms. The van der Waals surface area contributed by atoms with Crippen LogP contribution in [0.3, 0.4) is 0 Å². The molecule has 8 heteroatoms. The molecule has 0 bridgehead atoms. The molecule has 36 heavy (non-hydrogen) atoms. The molecule has 4 aromatic rings. The molecule has 2 aromatic carbocycles. The molecule has 1 aliphatic rings. The van der Waals surface area contributed by atoms with Crippen LogP contribution in [-0.2, 0) is 4.79 Å². The first-order valence-corrected chi connectivity index (χ1v) is 12.7. The SMILES string of the molecule is CCCCCOc1cccc(C2C(C(=O)c3ccco3)=C(O)C(=O)N2c2nc3ccc(C)cc3s2)c1. The predicted molar refractivity (Wildman–Crippen MR) is 139 cm³/mol. The number of rotatable bonds is 9. The van der Waals surface area contributed by atoms with E-state index in [0.717, 1.165) is 35.0 Å². The van der Waals surface area contributed by atoms with Crippen LogP contribution in [-0.4, -0.2) is 28.4 Å². The van der Waals surface area contributed by atoms with E-state index in [1.165, 1.54) is 28.6 Å². The van der Waals surface area contributed by atoms with Crippen LogP contribution in [0.2, 0.25) is 0 Å². The average Bonchev–Trinajstić information content (AvgIpc) is 3.60. The van der Waals surface area contributed by atoms with E-state index in [4.69, 9.17) is 9.15 Å². The number of unbranched alkanes of at least 4 members (excludes halogenated alkanes) is 2. The lowest BCUT2D eigenvalue weighted by molar-refractivity contribution is -0.117. The van der Waals surface area contributed by atoms with Gasteiger partial charge in [0, 0.05) is 0 Å². The third-order valence-electron chi connectivity index (χ3n) is 6.13. The Labute approximate surface area is 212 Å². The number of Topliss-reactive ketones (excluding diaryl/α,β-unsaturated/α-hetero) is 1. The van der Waals surface area contributed by atoms with Crippen molar-refractivity contribution in [1.82, 2.24) is 4.98 Å². The summed E-state index contributed by atoms with van der Waals surface area (Å²) in [6, 6.07) is 15.3. The van der Waals surface area contributed by atoms with Crippen molar-refractivity contribution in [3.8, 4) is 5.75 Å². The lowest BCUT2D eigenvalue weighted by Crippen LogP contribution is -2.31. The first-order chi connectivity index (χ1) is 17.5. The molecule has 0 saturated heterocycles. The number of aromatic nitrogens is 1. The van der Waals surface area contributed by atoms with Crippen LogP contribution in [0.15, 0.2) is 76.6 Å². The maximum Gasteiger partial charge on any atom is 0.296 e. The van der Waals surface area contributed by atoms with E-state index in [1.807, 2.05) is 49.4 Å². The second-order valence-electron chi connectivity index (χ2n) is 8.74. The van der Waals surface area contributed by atoms with E-state index >= 15 is 0 Å². The van der Waals surface area contributed by atoms with Crippen molar-refractivity contribution in [2.45, 2.75) is 39.2 Å². The summed E-state index contributed by atoms with van der Waals surface area (Å²) < 4.78 is 12.2. The molecule has 7 nitrogen and oxygen atoms in total. The Morgan fingerprint density at radius 1 is 1.17 bits per heavy atom. The number of aliphatic hydroxyl groups excluding tert-OH is 1. The summed E-state index contributed by atoms with van der Waals surface area (Å²) in [6.45, 7) is 4.69. The number of furan rings is 1. The van der Waals surface area contributed by atoms with Crippen LogP contribution in [0, 0.1) is 6.92 Å². The molecule has 2 aromatic heterocycles. The van der Waals surface area contributed by atoms with Crippen LogP contribution in [0.4, 0.5) is 5.13 Å². The lowest BCUT2D eigenvalue weighted by Gasteiger charge is -2.24. The minimum atomic E-state index is -0.893.